The molecular formula is C5H13N5. The van der Waals surface area contributed by atoms with Gasteiger partial charge in [-0.25, -0.2) is 11.4 Å². The molecule has 0 atom stereocenters. The van der Waals surface area contributed by atoms with Crippen molar-refractivity contribution < 1.29 is 0 Å². The molecule has 0 bridgehead atoms. The molecule has 1 fully saturated rings. The SMILES string of the molecule is NN/N=C(\N)CC1CNC1. The van der Waals surface area contributed by atoms with E-state index in [1.807, 2.05) is 0 Å². The molecule has 0 spiro atoms. The van der Waals surface area contributed by atoms with Gasteiger partial charge in [-0.3, -0.25) is 0 Å². The highest BCUT2D eigenvalue weighted by Gasteiger charge is 2.17. The first kappa shape index (κ1) is 7.30. The Balaban J connectivity index is 2.16. The summed E-state index contributed by atoms with van der Waals surface area (Å²) in [5, 5.41) is 6.79. The lowest BCUT2D eigenvalue weighted by atomic mass is 9.99. The minimum atomic E-state index is 0.578. The number of hydrogen-bond acceptors (Lipinski definition) is 4. The number of hydrazone groups is 1. The predicted octanol–water partition coefficient (Wildman–Crippen LogP) is -1.67. The quantitative estimate of drug-likeness (QED) is 0.165. The fraction of sp³-hybridized carbons (Fsp3) is 0.800. The molecule has 10 heavy (non-hydrogen) atoms. The molecule has 0 radical (unpaired) electrons. The molecule has 1 aliphatic rings. The van der Waals surface area contributed by atoms with E-state index in [0.29, 0.717) is 11.8 Å². The molecule has 0 aromatic heterocycles. The van der Waals surface area contributed by atoms with Gasteiger partial charge >= 0.3 is 0 Å². The fourth-order valence-corrected chi connectivity index (χ4v) is 0.917. The fourth-order valence-electron chi connectivity index (χ4n) is 0.917. The van der Waals surface area contributed by atoms with Crippen molar-refractivity contribution in [2.45, 2.75) is 6.42 Å². The zero-order valence-corrected chi connectivity index (χ0v) is 5.80. The summed E-state index contributed by atoms with van der Waals surface area (Å²) >= 11 is 0. The molecule has 6 N–H and O–H groups in total. The molecule has 5 nitrogen and oxygen atoms in total. The van der Waals surface area contributed by atoms with E-state index < -0.39 is 0 Å². The van der Waals surface area contributed by atoms with Gasteiger partial charge in [0.2, 0.25) is 0 Å². The molecule has 1 heterocycles. The molecule has 0 unspecified atom stereocenters. The summed E-state index contributed by atoms with van der Waals surface area (Å²) in [6, 6.07) is 0. The second-order valence-corrected chi connectivity index (χ2v) is 2.46. The maximum Gasteiger partial charge on any atom is 0.121 e. The maximum atomic E-state index is 5.47. The minimum absolute atomic E-state index is 0.578. The van der Waals surface area contributed by atoms with Crippen molar-refractivity contribution in [2.75, 3.05) is 13.1 Å². The third-order valence-electron chi connectivity index (χ3n) is 1.57. The highest BCUT2D eigenvalue weighted by Crippen LogP contribution is 2.06. The summed E-state index contributed by atoms with van der Waals surface area (Å²) in [5.41, 5.74) is 7.64. The van der Waals surface area contributed by atoms with Crippen molar-refractivity contribution in [1.82, 2.24) is 10.9 Å². The first-order chi connectivity index (χ1) is 4.83. The molecule has 1 saturated heterocycles. The van der Waals surface area contributed by atoms with Crippen LogP contribution in [0.5, 0.6) is 0 Å². The van der Waals surface area contributed by atoms with E-state index in [0.717, 1.165) is 19.5 Å². The number of hydrogen-bond donors (Lipinski definition) is 4. The average molecular weight is 143 g/mol. The second kappa shape index (κ2) is 3.38. The van der Waals surface area contributed by atoms with Gasteiger partial charge < -0.3 is 11.1 Å². The van der Waals surface area contributed by atoms with Gasteiger partial charge in [-0.15, -0.1) is 0 Å². The van der Waals surface area contributed by atoms with Gasteiger partial charge in [-0.1, -0.05) is 0 Å². The van der Waals surface area contributed by atoms with E-state index >= 15 is 0 Å². The van der Waals surface area contributed by atoms with Crippen LogP contribution in [0.15, 0.2) is 5.10 Å². The van der Waals surface area contributed by atoms with Crippen LogP contribution in [0.25, 0.3) is 0 Å². The van der Waals surface area contributed by atoms with E-state index in [-0.39, 0.29) is 0 Å². The largest absolute Gasteiger partial charge is 0.386 e. The van der Waals surface area contributed by atoms with Gasteiger partial charge in [0.15, 0.2) is 0 Å². The zero-order valence-electron chi connectivity index (χ0n) is 5.80. The summed E-state index contributed by atoms with van der Waals surface area (Å²) in [6.07, 6.45) is 0.831. The lowest BCUT2D eigenvalue weighted by Crippen LogP contribution is -2.44. The molecule has 1 aliphatic heterocycles. The standard InChI is InChI=1S/C5H13N5/c6-5(9-10-7)1-4-2-8-3-4/h4,8,10H,1-3,7H2,(H2,6,9). The predicted molar refractivity (Wildman–Crippen MR) is 39.9 cm³/mol. The lowest BCUT2D eigenvalue weighted by molar-refractivity contribution is 0.358. The smallest absolute Gasteiger partial charge is 0.121 e. The first-order valence-corrected chi connectivity index (χ1v) is 3.31. The Bertz CT molecular complexity index is 128. The van der Waals surface area contributed by atoms with Crippen molar-refractivity contribution in [3.63, 3.8) is 0 Å². The Kier molecular flexibility index (Phi) is 2.47. The van der Waals surface area contributed by atoms with E-state index in [4.69, 9.17) is 11.6 Å². The number of nitrogens with one attached hydrogen (secondary N) is 2. The van der Waals surface area contributed by atoms with Gasteiger partial charge in [-0.05, 0) is 19.0 Å². The van der Waals surface area contributed by atoms with Crippen LogP contribution in [-0.2, 0) is 0 Å². The minimum Gasteiger partial charge on any atom is -0.386 e. The third-order valence-corrected chi connectivity index (χ3v) is 1.57. The molecule has 0 aromatic carbocycles. The topological polar surface area (TPSA) is 88.5 Å². The number of nitrogens with two attached hydrogens (primary N) is 2. The van der Waals surface area contributed by atoms with Crippen LogP contribution in [0.1, 0.15) is 6.42 Å². The van der Waals surface area contributed by atoms with E-state index in [2.05, 4.69) is 16.0 Å². The Hall–Kier alpha value is -0.810. The Labute approximate surface area is 59.8 Å². The van der Waals surface area contributed by atoms with E-state index in [1.165, 1.54) is 0 Å². The summed E-state index contributed by atoms with van der Waals surface area (Å²) in [5.74, 6) is 6.16. The van der Waals surface area contributed by atoms with Crippen molar-refractivity contribution in [3.05, 3.63) is 0 Å². The van der Waals surface area contributed by atoms with Crippen LogP contribution >= 0.6 is 0 Å². The monoisotopic (exact) mass is 143 g/mol. The van der Waals surface area contributed by atoms with E-state index in [9.17, 15) is 0 Å². The summed E-state index contributed by atoms with van der Waals surface area (Å²) in [6.45, 7) is 2.08. The van der Waals surface area contributed by atoms with Gasteiger partial charge in [0, 0.05) is 6.42 Å². The summed E-state index contributed by atoms with van der Waals surface area (Å²) in [4.78, 5) is 0. The average Bonchev–Trinajstić information content (AvgIpc) is 1.80. The molecule has 5 heteroatoms. The zero-order chi connectivity index (χ0) is 7.40. The van der Waals surface area contributed by atoms with Crippen LogP contribution in [0.4, 0.5) is 0 Å². The first-order valence-electron chi connectivity index (χ1n) is 3.31. The second-order valence-electron chi connectivity index (χ2n) is 2.46. The Morgan fingerprint density at radius 1 is 1.70 bits per heavy atom. The molecule has 0 aromatic rings. The van der Waals surface area contributed by atoms with Crippen molar-refractivity contribution >= 4 is 5.84 Å². The molecular weight excluding hydrogens is 130 g/mol. The number of hydrazine groups is 1. The third kappa shape index (κ3) is 1.85. The van der Waals surface area contributed by atoms with Crippen molar-refractivity contribution in [3.8, 4) is 0 Å². The molecule has 0 aliphatic carbocycles. The summed E-state index contributed by atoms with van der Waals surface area (Å²) < 4.78 is 0. The molecule has 0 saturated carbocycles. The highest BCUT2D eigenvalue weighted by molar-refractivity contribution is 5.80. The molecule has 1 rings (SSSR count). The van der Waals surface area contributed by atoms with Crippen molar-refractivity contribution in [2.24, 2.45) is 22.6 Å². The van der Waals surface area contributed by atoms with Crippen LogP contribution in [-0.4, -0.2) is 18.9 Å². The Morgan fingerprint density at radius 2 is 2.40 bits per heavy atom. The maximum absolute atomic E-state index is 5.47. The number of nitrogens with zero attached hydrogens (tertiary/aromatic N) is 1. The van der Waals surface area contributed by atoms with Crippen LogP contribution in [0.2, 0.25) is 0 Å². The van der Waals surface area contributed by atoms with E-state index in [1.54, 1.807) is 0 Å². The van der Waals surface area contributed by atoms with Crippen LogP contribution in [0.3, 0.4) is 0 Å². The number of rotatable bonds is 3. The van der Waals surface area contributed by atoms with Gasteiger partial charge in [0.25, 0.3) is 0 Å². The van der Waals surface area contributed by atoms with Crippen LogP contribution in [0, 0.1) is 5.92 Å². The normalized spacial score (nSPS) is 20.3. The summed E-state index contributed by atoms with van der Waals surface area (Å²) in [7, 11) is 0. The molecule has 58 valence electrons. The molecule has 0 amide bonds. The number of amidine groups is 1. The van der Waals surface area contributed by atoms with Gasteiger partial charge in [0.1, 0.15) is 5.84 Å². The van der Waals surface area contributed by atoms with Crippen LogP contribution < -0.4 is 22.4 Å². The Morgan fingerprint density at radius 3 is 2.80 bits per heavy atom. The van der Waals surface area contributed by atoms with Gasteiger partial charge in [-0.2, -0.15) is 5.10 Å². The van der Waals surface area contributed by atoms with Gasteiger partial charge in [0.05, 0.1) is 0 Å². The highest BCUT2D eigenvalue weighted by atomic mass is 15.5. The van der Waals surface area contributed by atoms with Crippen molar-refractivity contribution in [1.29, 1.82) is 0 Å². The lowest BCUT2D eigenvalue weighted by Gasteiger charge is -2.26.